The molecule has 1 aliphatic rings. The number of anilines is 1. The van der Waals surface area contributed by atoms with Gasteiger partial charge >= 0.3 is 0 Å². The van der Waals surface area contributed by atoms with Gasteiger partial charge in [0.25, 0.3) is 5.91 Å². The number of nitrogens with one attached hydrogen (secondary N) is 1. The summed E-state index contributed by atoms with van der Waals surface area (Å²) in [6, 6.07) is 2.55. The minimum absolute atomic E-state index is 0.173. The Hall–Kier alpha value is -2.44. The van der Waals surface area contributed by atoms with E-state index in [0.717, 1.165) is 0 Å². The zero-order valence-corrected chi connectivity index (χ0v) is 12.3. The molecule has 1 fully saturated rings. The number of hydrogen-bond acceptors (Lipinski definition) is 5. The van der Waals surface area contributed by atoms with Crippen molar-refractivity contribution in [2.75, 3.05) is 33.0 Å². The second-order valence-electron chi connectivity index (χ2n) is 4.76. The molecule has 21 heavy (non-hydrogen) atoms. The van der Waals surface area contributed by atoms with E-state index < -0.39 is 6.04 Å². The number of ether oxygens (including phenoxy) is 2. The molecule has 1 aromatic carbocycles. The number of carbonyl (C=O) groups excluding carboxylic acids is 2. The number of piperazine rings is 1. The number of nitrogens with zero attached hydrogens (tertiary/aromatic N) is 1. The van der Waals surface area contributed by atoms with Gasteiger partial charge in [0.15, 0.2) is 11.5 Å². The van der Waals surface area contributed by atoms with Crippen LogP contribution in [-0.2, 0) is 4.79 Å². The largest absolute Gasteiger partial charge is 0.493 e. The van der Waals surface area contributed by atoms with E-state index in [2.05, 4.69) is 5.32 Å². The number of benzene rings is 1. The van der Waals surface area contributed by atoms with Crippen LogP contribution in [-0.4, -0.2) is 50.1 Å². The average molecular weight is 293 g/mol. The van der Waals surface area contributed by atoms with Gasteiger partial charge in [-0.05, 0) is 13.0 Å². The molecule has 1 aromatic rings. The molecule has 1 aliphatic heterocycles. The molecule has 7 nitrogen and oxygen atoms in total. The van der Waals surface area contributed by atoms with Gasteiger partial charge in [-0.1, -0.05) is 0 Å². The van der Waals surface area contributed by atoms with E-state index in [4.69, 9.17) is 15.2 Å². The molecule has 0 aromatic heterocycles. The van der Waals surface area contributed by atoms with Crippen LogP contribution >= 0.6 is 0 Å². The maximum Gasteiger partial charge on any atom is 0.256 e. The van der Waals surface area contributed by atoms with Crippen LogP contribution in [0.15, 0.2) is 12.1 Å². The van der Waals surface area contributed by atoms with Crippen molar-refractivity contribution < 1.29 is 19.1 Å². The predicted molar refractivity (Wildman–Crippen MR) is 77.5 cm³/mol. The smallest absolute Gasteiger partial charge is 0.256 e. The lowest BCUT2D eigenvalue weighted by molar-refractivity contribution is -0.127. The minimum Gasteiger partial charge on any atom is -0.493 e. The van der Waals surface area contributed by atoms with Gasteiger partial charge in [-0.3, -0.25) is 9.59 Å². The molecule has 0 aliphatic carbocycles. The third-order valence-electron chi connectivity index (χ3n) is 3.55. The van der Waals surface area contributed by atoms with Crippen LogP contribution < -0.4 is 20.5 Å². The van der Waals surface area contributed by atoms with Gasteiger partial charge in [-0.15, -0.1) is 0 Å². The molecule has 1 unspecified atom stereocenters. The summed E-state index contributed by atoms with van der Waals surface area (Å²) in [5, 5.41) is 2.71. The summed E-state index contributed by atoms with van der Waals surface area (Å²) in [6.07, 6.45) is 0. The molecule has 0 saturated carbocycles. The number of rotatable bonds is 3. The van der Waals surface area contributed by atoms with Crippen molar-refractivity contribution in [2.45, 2.75) is 13.0 Å². The Bertz CT molecular complexity index is 574. The molecule has 0 bridgehead atoms. The van der Waals surface area contributed by atoms with Crippen molar-refractivity contribution >= 4 is 17.5 Å². The van der Waals surface area contributed by atoms with E-state index in [1.54, 1.807) is 13.0 Å². The predicted octanol–water partition coefficient (Wildman–Crippen LogP) is 0.247. The molecule has 2 amide bonds. The summed E-state index contributed by atoms with van der Waals surface area (Å²) >= 11 is 0. The maximum absolute atomic E-state index is 12.6. The van der Waals surface area contributed by atoms with Gasteiger partial charge in [0, 0.05) is 24.8 Å². The highest BCUT2D eigenvalue weighted by Gasteiger charge is 2.31. The quantitative estimate of drug-likeness (QED) is 0.779. The second kappa shape index (κ2) is 5.90. The number of carbonyl (C=O) groups is 2. The molecule has 2 rings (SSSR count). The summed E-state index contributed by atoms with van der Waals surface area (Å²) in [6.45, 7) is 2.56. The van der Waals surface area contributed by atoms with Crippen LogP contribution in [0.5, 0.6) is 11.5 Å². The summed E-state index contributed by atoms with van der Waals surface area (Å²) in [4.78, 5) is 25.8. The highest BCUT2D eigenvalue weighted by atomic mass is 16.5. The summed E-state index contributed by atoms with van der Waals surface area (Å²) in [5.74, 6) is 0.407. The lowest BCUT2D eigenvalue weighted by Crippen LogP contribution is -2.55. The summed E-state index contributed by atoms with van der Waals surface area (Å²) in [5.41, 5.74) is 6.51. The van der Waals surface area contributed by atoms with Crippen LogP contribution in [0.4, 0.5) is 5.69 Å². The zero-order valence-electron chi connectivity index (χ0n) is 12.3. The molecule has 1 heterocycles. The Labute approximate surface area is 123 Å². The maximum atomic E-state index is 12.6. The molecular weight excluding hydrogens is 274 g/mol. The van der Waals surface area contributed by atoms with Crippen molar-refractivity contribution in [3.8, 4) is 11.5 Å². The van der Waals surface area contributed by atoms with Gasteiger partial charge in [0.1, 0.15) is 6.04 Å². The first-order chi connectivity index (χ1) is 9.99. The standard InChI is InChI=1S/C14H19N3O4/c1-8-13(18)16-4-5-17(8)14(19)9-6-11(20-2)12(21-3)7-10(9)15/h6-8H,4-5,15H2,1-3H3,(H,16,18). The van der Waals surface area contributed by atoms with Crippen LogP contribution in [0.25, 0.3) is 0 Å². The monoisotopic (exact) mass is 293 g/mol. The Morgan fingerprint density at radius 1 is 1.33 bits per heavy atom. The number of nitrogens with two attached hydrogens (primary N) is 1. The molecule has 0 spiro atoms. The molecule has 3 N–H and O–H groups in total. The SMILES string of the molecule is COc1cc(N)c(C(=O)N2CCNC(=O)C2C)cc1OC. The molecular formula is C14H19N3O4. The third kappa shape index (κ3) is 2.72. The highest BCUT2D eigenvalue weighted by molar-refractivity contribution is 6.02. The lowest BCUT2D eigenvalue weighted by Gasteiger charge is -2.33. The van der Waals surface area contributed by atoms with Gasteiger partial charge in [0.05, 0.1) is 19.8 Å². The normalized spacial score (nSPS) is 18.1. The van der Waals surface area contributed by atoms with Crippen LogP contribution in [0.3, 0.4) is 0 Å². The lowest BCUT2D eigenvalue weighted by atomic mass is 10.1. The van der Waals surface area contributed by atoms with Crippen LogP contribution in [0.1, 0.15) is 17.3 Å². The Kier molecular flexibility index (Phi) is 4.21. The Morgan fingerprint density at radius 3 is 2.57 bits per heavy atom. The van der Waals surface area contributed by atoms with Crippen molar-refractivity contribution in [3.63, 3.8) is 0 Å². The zero-order chi connectivity index (χ0) is 15.6. The third-order valence-corrected chi connectivity index (χ3v) is 3.55. The molecule has 7 heteroatoms. The van der Waals surface area contributed by atoms with E-state index in [0.29, 0.717) is 30.2 Å². The van der Waals surface area contributed by atoms with Crippen molar-refractivity contribution in [3.05, 3.63) is 17.7 Å². The second-order valence-corrected chi connectivity index (χ2v) is 4.76. The number of methoxy groups -OCH3 is 2. The first kappa shape index (κ1) is 15.0. The number of hydrogen-bond donors (Lipinski definition) is 2. The fourth-order valence-electron chi connectivity index (χ4n) is 2.29. The molecule has 114 valence electrons. The first-order valence-electron chi connectivity index (χ1n) is 6.59. The fraction of sp³-hybridized carbons (Fsp3) is 0.429. The number of nitrogen functional groups attached to an aromatic ring is 1. The molecule has 0 radical (unpaired) electrons. The Morgan fingerprint density at radius 2 is 1.95 bits per heavy atom. The topological polar surface area (TPSA) is 93.9 Å². The van der Waals surface area contributed by atoms with E-state index in [1.807, 2.05) is 0 Å². The van der Waals surface area contributed by atoms with Crippen molar-refractivity contribution in [1.82, 2.24) is 10.2 Å². The first-order valence-corrected chi connectivity index (χ1v) is 6.59. The number of amides is 2. The van der Waals surface area contributed by atoms with Crippen LogP contribution in [0, 0.1) is 0 Å². The van der Waals surface area contributed by atoms with Crippen LogP contribution in [0.2, 0.25) is 0 Å². The van der Waals surface area contributed by atoms with Gasteiger partial charge in [-0.2, -0.15) is 0 Å². The van der Waals surface area contributed by atoms with E-state index in [-0.39, 0.29) is 17.5 Å². The Balaban J connectivity index is 2.36. The van der Waals surface area contributed by atoms with Gasteiger partial charge in [-0.25, -0.2) is 0 Å². The summed E-state index contributed by atoms with van der Waals surface area (Å²) < 4.78 is 10.3. The van der Waals surface area contributed by atoms with Gasteiger partial charge < -0.3 is 25.4 Å². The fourth-order valence-corrected chi connectivity index (χ4v) is 2.29. The van der Waals surface area contributed by atoms with Crippen molar-refractivity contribution in [2.24, 2.45) is 0 Å². The van der Waals surface area contributed by atoms with Gasteiger partial charge in [0.2, 0.25) is 5.91 Å². The van der Waals surface area contributed by atoms with E-state index in [9.17, 15) is 9.59 Å². The summed E-state index contributed by atoms with van der Waals surface area (Å²) in [7, 11) is 2.98. The van der Waals surface area contributed by atoms with E-state index in [1.165, 1.54) is 25.2 Å². The average Bonchev–Trinajstić information content (AvgIpc) is 2.49. The highest BCUT2D eigenvalue weighted by Crippen LogP contribution is 2.32. The minimum atomic E-state index is -0.529. The van der Waals surface area contributed by atoms with Crippen molar-refractivity contribution in [1.29, 1.82) is 0 Å². The molecule has 1 atom stereocenters. The van der Waals surface area contributed by atoms with E-state index >= 15 is 0 Å². The molecule has 1 saturated heterocycles.